The van der Waals surface area contributed by atoms with Gasteiger partial charge in [-0.25, -0.2) is 0 Å². The molecule has 4 saturated carbocycles. The predicted molar refractivity (Wildman–Crippen MR) is 199 cm³/mol. The van der Waals surface area contributed by atoms with Crippen LogP contribution in [-0.2, 0) is 22.5 Å². The van der Waals surface area contributed by atoms with Gasteiger partial charge in [-0.2, -0.15) is 0 Å². The van der Waals surface area contributed by atoms with E-state index < -0.39 is 33.3 Å². The van der Waals surface area contributed by atoms with Gasteiger partial charge in [0.25, 0.3) is 5.97 Å². The van der Waals surface area contributed by atoms with Crippen molar-refractivity contribution >= 4 is 39.2 Å². The van der Waals surface area contributed by atoms with Gasteiger partial charge in [0, 0.05) is 25.4 Å². The van der Waals surface area contributed by atoms with Crippen molar-refractivity contribution in [2.24, 2.45) is 40.4 Å². The van der Waals surface area contributed by atoms with Gasteiger partial charge in [-0.3, -0.25) is 4.79 Å². The lowest BCUT2D eigenvalue weighted by Gasteiger charge is -2.68. The maximum absolute atomic E-state index is 12.7. The van der Waals surface area contributed by atoms with Crippen LogP contribution in [0.15, 0.2) is 0 Å². The third-order valence-corrected chi connectivity index (χ3v) is 16.1. The second-order valence-corrected chi connectivity index (χ2v) is 38.1. The molecule has 4 aliphatic rings. The van der Waals surface area contributed by atoms with Crippen molar-refractivity contribution in [2.75, 3.05) is 0 Å². The fourth-order valence-corrected chi connectivity index (χ4v) is 15.7. The van der Waals surface area contributed by atoms with Gasteiger partial charge < -0.3 is 17.7 Å². The summed E-state index contributed by atoms with van der Waals surface area (Å²) in [5.41, 5.74) is 0.266. The summed E-state index contributed by atoms with van der Waals surface area (Å²) in [6.45, 7) is 35.4. The highest BCUT2D eigenvalue weighted by Crippen LogP contribution is 2.70. The summed E-state index contributed by atoms with van der Waals surface area (Å²) in [4.78, 5) is 12.7. The van der Waals surface area contributed by atoms with E-state index in [0.717, 1.165) is 25.7 Å². The molecular weight excluding hydrogens is 625 g/mol. The molecule has 0 saturated heterocycles. The zero-order valence-corrected chi connectivity index (χ0v) is 36.2. The van der Waals surface area contributed by atoms with Crippen molar-refractivity contribution in [1.82, 2.24) is 0 Å². The Labute approximate surface area is 282 Å². The molecule has 0 aliphatic heterocycles. The van der Waals surface area contributed by atoms with E-state index in [1.807, 2.05) is 0 Å². The molecule has 262 valence electrons. The lowest BCUT2D eigenvalue weighted by molar-refractivity contribution is -0.237. The van der Waals surface area contributed by atoms with Crippen LogP contribution in [0.4, 0.5) is 0 Å². The van der Waals surface area contributed by atoms with Crippen LogP contribution in [0.2, 0.25) is 78.6 Å². The van der Waals surface area contributed by atoms with E-state index in [1.165, 1.54) is 32.1 Å². The number of carbonyl (C=O) groups excluding carboxylic acids is 1. The van der Waals surface area contributed by atoms with Crippen molar-refractivity contribution in [1.29, 1.82) is 0 Å². The molecule has 0 heterocycles. The van der Waals surface area contributed by atoms with Gasteiger partial charge in [-0.05, 0) is 164 Å². The van der Waals surface area contributed by atoms with E-state index in [9.17, 15) is 4.79 Å². The van der Waals surface area contributed by atoms with Gasteiger partial charge in [0.2, 0.25) is 8.32 Å². The number of rotatable bonds is 11. The molecule has 0 radical (unpaired) electrons. The Kier molecular flexibility index (Phi) is 10.8. The lowest BCUT2D eigenvalue weighted by Crippen LogP contribution is -2.70. The summed E-state index contributed by atoms with van der Waals surface area (Å²) in [5, 5.41) is 0. The molecule has 0 aromatic carbocycles. The number of hydrogen-bond donors (Lipinski definition) is 0. The molecule has 0 aromatic heterocycles. The van der Waals surface area contributed by atoms with E-state index in [2.05, 4.69) is 99.3 Å². The van der Waals surface area contributed by atoms with Gasteiger partial charge in [0.05, 0.1) is 11.7 Å². The van der Waals surface area contributed by atoms with Crippen molar-refractivity contribution in [3.05, 3.63) is 0 Å². The molecule has 0 bridgehead atoms. The van der Waals surface area contributed by atoms with E-state index in [0.29, 0.717) is 47.5 Å². The average Bonchev–Trinajstić information content (AvgIpc) is 3.16. The Morgan fingerprint density at radius 3 is 1.91 bits per heavy atom. The number of carbonyl (C=O) groups is 1. The summed E-state index contributed by atoms with van der Waals surface area (Å²) in [5.74, 6) is 3.09. The summed E-state index contributed by atoms with van der Waals surface area (Å²) in [6.07, 6.45) is 11.6. The Bertz CT molecular complexity index is 1060. The summed E-state index contributed by atoms with van der Waals surface area (Å²) in [6, 6.07) is 0. The maximum atomic E-state index is 12.7. The second kappa shape index (κ2) is 12.8. The van der Waals surface area contributed by atoms with Gasteiger partial charge in [-0.1, -0.05) is 20.8 Å². The van der Waals surface area contributed by atoms with Crippen LogP contribution in [-0.4, -0.2) is 57.0 Å². The van der Waals surface area contributed by atoms with E-state index in [-0.39, 0.29) is 23.1 Å². The maximum Gasteiger partial charge on any atom is 0.292 e. The van der Waals surface area contributed by atoms with Crippen LogP contribution < -0.4 is 0 Å². The highest BCUT2D eigenvalue weighted by Gasteiger charge is 2.69. The molecule has 4 aliphatic carbocycles. The van der Waals surface area contributed by atoms with E-state index in [1.54, 1.807) is 0 Å². The predicted octanol–water partition coefficient (Wildman–Crippen LogP) is 10.5. The fourth-order valence-electron chi connectivity index (χ4n) is 11.0. The molecular formula is C36H72O5Si4. The summed E-state index contributed by atoms with van der Waals surface area (Å²) < 4.78 is 27.7. The lowest BCUT2D eigenvalue weighted by atomic mass is 9.42. The largest absolute Gasteiger partial charge is 0.520 e. The standard InChI is InChI=1S/C36H72O5Si4/c1-26(16-19-32(37)40-44(10,11)12)28-17-18-29-33-30(21-22-34(28,29)2)35(3)23-20-27(38-42(4,5)6)24-36(35,41-45(13,14)15)25-31(33)39-43(7,8)9/h26-31,33H,16-25H2,1-15H3/t26?,27-,28?,29?,30?,31-,33?,34?,35?,36-/m1/s1. The highest BCUT2D eigenvalue weighted by atomic mass is 28.4. The van der Waals surface area contributed by atoms with Crippen LogP contribution in [0.1, 0.15) is 85.0 Å². The molecule has 5 nitrogen and oxygen atoms in total. The monoisotopic (exact) mass is 696 g/mol. The summed E-state index contributed by atoms with van der Waals surface area (Å²) >= 11 is 0. The molecule has 45 heavy (non-hydrogen) atoms. The van der Waals surface area contributed by atoms with E-state index >= 15 is 0 Å². The minimum absolute atomic E-state index is 0.0145. The number of hydrogen-bond acceptors (Lipinski definition) is 5. The average molecular weight is 697 g/mol. The van der Waals surface area contributed by atoms with Crippen molar-refractivity contribution in [2.45, 2.75) is 181 Å². The molecule has 0 N–H and O–H groups in total. The quantitative estimate of drug-likeness (QED) is 0.201. The molecule has 4 rings (SSSR count). The SMILES string of the molecule is CC(CCC(=O)O[Si](C)(C)C)C1CCC2C3C(CCC12C)C1(C)CC[C@@H](O[Si](C)(C)C)C[C@@]1(O[Si](C)(C)C)C[C@H]3O[Si](C)(C)C. The molecule has 10 atom stereocenters. The zero-order chi connectivity index (χ0) is 34.0. The van der Waals surface area contributed by atoms with Crippen LogP contribution >= 0.6 is 0 Å². The minimum atomic E-state index is -1.87. The Balaban J connectivity index is 1.67. The van der Waals surface area contributed by atoms with Crippen molar-refractivity contribution < 1.29 is 22.5 Å². The number of fused-ring (bicyclic) bond motifs is 5. The van der Waals surface area contributed by atoms with Crippen LogP contribution in [0.3, 0.4) is 0 Å². The summed E-state index contributed by atoms with van der Waals surface area (Å²) in [7, 11) is -7.21. The second-order valence-electron chi connectivity index (χ2n) is 20.3. The normalized spacial score (nSPS) is 39.9. The molecule has 0 amide bonds. The van der Waals surface area contributed by atoms with Crippen molar-refractivity contribution in [3.63, 3.8) is 0 Å². The van der Waals surface area contributed by atoms with Gasteiger partial charge in [0.15, 0.2) is 25.0 Å². The topological polar surface area (TPSA) is 54.0 Å². The Morgan fingerprint density at radius 1 is 0.733 bits per heavy atom. The Morgan fingerprint density at radius 2 is 1.36 bits per heavy atom. The molecule has 0 spiro atoms. The molecule has 0 aromatic rings. The highest BCUT2D eigenvalue weighted by molar-refractivity contribution is 6.71. The fraction of sp³-hybridized carbons (Fsp3) is 0.972. The van der Waals surface area contributed by atoms with Crippen molar-refractivity contribution in [3.8, 4) is 0 Å². The van der Waals surface area contributed by atoms with Crippen LogP contribution in [0.5, 0.6) is 0 Å². The third kappa shape index (κ3) is 8.51. The first-order valence-corrected chi connectivity index (χ1v) is 32.2. The first-order chi connectivity index (χ1) is 20.3. The smallest absolute Gasteiger partial charge is 0.292 e. The van der Waals surface area contributed by atoms with Crippen LogP contribution in [0.25, 0.3) is 0 Å². The zero-order valence-electron chi connectivity index (χ0n) is 32.2. The van der Waals surface area contributed by atoms with Gasteiger partial charge in [0.1, 0.15) is 0 Å². The first kappa shape index (κ1) is 38.0. The van der Waals surface area contributed by atoms with Crippen LogP contribution in [0, 0.1) is 40.4 Å². The molecule has 4 fully saturated rings. The van der Waals surface area contributed by atoms with E-state index in [4.69, 9.17) is 17.7 Å². The Hall–Kier alpha value is 0.218. The first-order valence-electron chi connectivity index (χ1n) is 18.6. The molecule has 9 heteroatoms. The van der Waals surface area contributed by atoms with Gasteiger partial charge in [-0.15, -0.1) is 0 Å². The minimum Gasteiger partial charge on any atom is -0.520 e. The molecule has 7 unspecified atom stereocenters. The van der Waals surface area contributed by atoms with Gasteiger partial charge >= 0.3 is 0 Å². The third-order valence-electron chi connectivity index (χ3n) is 12.2.